The van der Waals surface area contributed by atoms with E-state index in [2.05, 4.69) is 19.2 Å². The van der Waals surface area contributed by atoms with Crippen molar-refractivity contribution < 1.29 is 4.79 Å². The van der Waals surface area contributed by atoms with Crippen LogP contribution in [-0.2, 0) is 4.79 Å². The third kappa shape index (κ3) is 4.65. The number of amides is 1. The highest BCUT2D eigenvalue weighted by Gasteiger charge is 2.27. The van der Waals surface area contributed by atoms with Gasteiger partial charge in [-0.2, -0.15) is 0 Å². The molecule has 3 nitrogen and oxygen atoms in total. The highest BCUT2D eigenvalue weighted by Crippen LogP contribution is 2.23. The molecule has 0 aliphatic heterocycles. The van der Waals surface area contributed by atoms with Gasteiger partial charge < -0.3 is 11.1 Å². The molecular weight excluding hydrogens is 188 g/mol. The van der Waals surface area contributed by atoms with Crippen LogP contribution >= 0.6 is 0 Å². The summed E-state index contributed by atoms with van der Waals surface area (Å²) in [6.07, 6.45) is 5.11. The zero-order chi connectivity index (χ0) is 11.3. The first kappa shape index (κ1) is 12.5. The molecule has 0 saturated heterocycles. The molecule has 1 saturated carbocycles. The molecular formula is C12H24N2O. The average Bonchev–Trinajstić information content (AvgIpc) is 2.59. The minimum atomic E-state index is 0.180. The molecule has 0 aromatic carbocycles. The van der Waals surface area contributed by atoms with Gasteiger partial charge in [-0.15, -0.1) is 0 Å². The van der Waals surface area contributed by atoms with Crippen molar-refractivity contribution in [1.29, 1.82) is 0 Å². The normalized spacial score (nSPS) is 25.9. The molecule has 2 unspecified atom stereocenters. The van der Waals surface area contributed by atoms with Crippen molar-refractivity contribution >= 4 is 5.91 Å². The predicted molar refractivity (Wildman–Crippen MR) is 62.4 cm³/mol. The second kappa shape index (κ2) is 6.11. The lowest BCUT2D eigenvalue weighted by Gasteiger charge is -2.11. The van der Waals surface area contributed by atoms with E-state index in [1.807, 2.05) is 0 Å². The Balaban J connectivity index is 2.08. The van der Waals surface area contributed by atoms with Crippen molar-refractivity contribution in [1.82, 2.24) is 5.32 Å². The number of carbonyl (C=O) groups is 1. The van der Waals surface area contributed by atoms with Crippen molar-refractivity contribution in [2.75, 3.05) is 6.54 Å². The van der Waals surface area contributed by atoms with E-state index in [0.29, 0.717) is 0 Å². The summed E-state index contributed by atoms with van der Waals surface area (Å²) in [7, 11) is 0. The van der Waals surface area contributed by atoms with Crippen LogP contribution in [0.5, 0.6) is 0 Å². The van der Waals surface area contributed by atoms with Gasteiger partial charge >= 0.3 is 0 Å². The van der Waals surface area contributed by atoms with E-state index in [4.69, 9.17) is 5.73 Å². The molecule has 15 heavy (non-hydrogen) atoms. The van der Waals surface area contributed by atoms with Crippen molar-refractivity contribution in [2.45, 2.75) is 52.0 Å². The van der Waals surface area contributed by atoms with Gasteiger partial charge in [-0.05, 0) is 38.0 Å². The molecule has 0 spiro atoms. The number of rotatable bonds is 5. The van der Waals surface area contributed by atoms with Crippen LogP contribution in [0.3, 0.4) is 0 Å². The lowest BCUT2D eigenvalue weighted by molar-refractivity contribution is -0.124. The molecule has 88 valence electrons. The Kier molecular flexibility index (Phi) is 5.09. The summed E-state index contributed by atoms with van der Waals surface area (Å²) in [5.41, 5.74) is 5.78. The number of carbonyl (C=O) groups excluding carboxylic acids is 1. The summed E-state index contributed by atoms with van der Waals surface area (Å²) in [6.45, 7) is 5.23. The molecule has 0 aromatic rings. The largest absolute Gasteiger partial charge is 0.356 e. The molecule has 0 aromatic heterocycles. The molecule has 0 radical (unpaired) electrons. The van der Waals surface area contributed by atoms with Crippen molar-refractivity contribution in [3.63, 3.8) is 0 Å². The summed E-state index contributed by atoms with van der Waals surface area (Å²) in [6, 6.07) is 0.247. The van der Waals surface area contributed by atoms with E-state index in [9.17, 15) is 4.79 Å². The van der Waals surface area contributed by atoms with Crippen LogP contribution in [-0.4, -0.2) is 18.5 Å². The monoisotopic (exact) mass is 212 g/mol. The Morgan fingerprint density at radius 3 is 2.73 bits per heavy atom. The molecule has 0 heterocycles. The van der Waals surface area contributed by atoms with Crippen LogP contribution in [0.15, 0.2) is 0 Å². The van der Waals surface area contributed by atoms with Crippen LogP contribution in [0.25, 0.3) is 0 Å². The second-order valence-corrected chi connectivity index (χ2v) is 5.10. The predicted octanol–water partition coefficient (Wildman–Crippen LogP) is 1.67. The summed E-state index contributed by atoms with van der Waals surface area (Å²) in [5, 5.41) is 3.01. The van der Waals surface area contributed by atoms with Crippen LogP contribution in [0.4, 0.5) is 0 Å². The van der Waals surface area contributed by atoms with E-state index in [1.54, 1.807) is 0 Å². The first-order chi connectivity index (χ1) is 7.09. The second-order valence-electron chi connectivity index (χ2n) is 5.10. The zero-order valence-corrected chi connectivity index (χ0v) is 9.96. The summed E-state index contributed by atoms with van der Waals surface area (Å²) in [5.74, 6) is 1.12. The maximum atomic E-state index is 11.7. The van der Waals surface area contributed by atoms with Crippen LogP contribution in [0.1, 0.15) is 46.0 Å². The molecule has 3 heteroatoms. The highest BCUT2D eigenvalue weighted by molar-refractivity contribution is 5.78. The van der Waals surface area contributed by atoms with Gasteiger partial charge in [0.05, 0.1) is 0 Å². The molecule has 0 bridgehead atoms. The standard InChI is InChI=1S/C12H24N2O/c1-9(2)4-3-7-14-12(15)10-5-6-11(13)8-10/h9-11H,3-8,13H2,1-2H3,(H,14,15). The third-order valence-electron chi connectivity index (χ3n) is 3.10. The number of hydrogen-bond acceptors (Lipinski definition) is 2. The quantitative estimate of drug-likeness (QED) is 0.681. The van der Waals surface area contributed by atoms with Gasteiger partial charge in [-0.3, -0.25) is 4.79 Å². The zero-order valence-electron chi connectivity index (χ0n) is 9.96. The minimum absolute atomic E-state index is 0.180. The fourth-order valence-electron chi connectivity index (χ4n) is 2.12. The fraction of sp³-hybridized carbons (Fsp3) is 0.917. The van der Waals surface area contributed by atoms with Crippen LogP contribution in [0.2, 0.25) is 0 Å². The van der Waals surface area contributed by atoms with Crippen LogP contribution in [0, 0.1) is 11.8 Å². The van der Waals surface area contributed by atoms with E-state index in [0.717, 1.165) is 38.1 Å². The molecule has 3 N–H and O–H groups in total. The lowest BCUT2D eigenvalue weighted by atomic mass is 10.1. The molecule has 1 aliphatic rings. The fourth-order valence-corrected chi connectivity index (χ4v) is 2.12. The van der Waals surface area contributed by atoms with E-state index in [-0.39, 0.29) is 17.9 Å². The molecule has 1 fully saturated rings. The van der Waals surface area contributed by atoms with Gasteiger partial charge in [0.1, 0.15) is 0 Å². The maximum Gasteiger partial charge on any atom is 0.223 e. The molecule has 1 aliphatic carbocycles. The molecule has 1 rings (SSSR count). The lowest BCUT2D eigenvalue weighted by Crippen LogP contribution is -2.31. The van der Waals surface area contributed by atoms with Gasteiger partial charge in [0.2, 0.25) is 5.91 Å². The Labute approximate surface area is 92.8 Å². The van der Waals surface area contributed by atoms with Gasteiger partial charge in [-0.25, -0.2) is 0 Å². The first-order valence-corrected chi connectivity index (χ1v) is 6.13. The van der Waals surface area contributed by atoms with Crippen molar-refractivity contribution in [2.24, 2.45) is 17.6 Å². The van der Waals surface area contributed by atoms with Gasteiger partial charge in [0.15, 0.2) is 0 Å². The van der Waals surface area contributed by atoms with E-state index >= 15 is 0 Å². The third-order valence-corrected chi connectivity index (χ3v) is 3.10. The number of nitrogens with two attached hydrogens (primary N) is 1. The van der Waals surface area contributed by atoms with E-state index < -0.39 is 0 Å². The maximum absolute atomic E-state index is 11.7. The van der Waals surface area contributed by atoms with Gasteiger partial charge in [0.25, 0.3) is 0 Å². The highest BCUT2D eigenvalue weighted by atomic mass is 16.1. The summed E-state index contributed by atoms with van der Waals surface area (Å²) in [4.78, 5) is 11.7. The summed E-state index contributed by atoms with van der Waals surface area (Å²) < 4.78 is 0. The Hall–Kier alpha value is -0.570. The molecule has 2 atom stereocenters. The van der Waals surface area contributed by atoms with Crippen LogP contribution < -0.4 is 11.1 Å². The van der Waals surface area contributed by atoms with Crippen molar-refractivity contribution in [3.05, 3.63) is 0 Å². The minimum Gasteiger partial charge on any atom is -0.356 e. The van der Waals surface area contributed by atoms with Gasteiger partial charge in [-0.1, -0.05) is 13.8 Å². The van der Waals surface area contributed by atoms with Crippen molar-refractivity contribution in [3.8, 4) is 0 Å². The Morgan fingerprint density at radius 2 is 2.20 bits per heavy atom. The Morgan fingerprint density at radius 1 is 1.47 bits per heavy atom. The van der Waals surface area contributed by atoms with E-state index in [1.165, 1.54) is 6.42 Å². The SMILES string of the molecule is CC(C)CCCNC(=O)C1CCC(N)C1. The summed E-state index contributed by atoms with van der Waals surface area (Å²) >= 11 is 0. The average molecular weight is 212 g/mol. The topological polar surface area (TPSA) is 55.1 Å². The smallest absolute Gasteiger partial charge is 0.223 e. The van der Waals surface area contributed by atoms with Gasteiger partial charge in [0, 0.05) is 18.5 Å². The Bertz CT molecular complexity index is 204. The first-order valence-electron chi connectivity index (χ1n) is 6.13. The number of hydrogen-bond donors (Lipinski definition) is 2. The molecule has 1 amide bonds. The number of nitrogens with one attached hydrogen (secondary N) is 1.